The van der Waals surface area contributed by atoms with E-state index in [0.29, 0.717) is 12.3 Å². The van der Waals surface area contributed by atoms with E-state index in [4.69, 9.17) is 0 Å². The fourth-order valence-corrected chi connectivity index (χ4v) is 2.86. The van der Waals surface area contributed by atoms with Crippen LogP contribution in [0.4, 0.5) is 0 Å². The van der Waals surface area contributed by atoms with Gasteiger partial charge < -0.3 is 4.90 Å². The quantitative estimate of drug-likeness (QED) is 0.698. The smallest absolute Gasteiger partial charge is 0.143 e. The Morgan fingerprint density at radius 1 is 1.13 bits per heavy atom. The molecule has 2 heterocycles. The average Bonchev–Trinajstić information content (AvgIpc) is 2.71. The van der Waals surface area contributed by atoms with Crippen molar-refractivity contribution in [3.05, 3.63) is 0 Å². The van der Waals surface area contributed by atoms with Gasteiger partial charge in [0.15, 0.2) is 0 Å². The number of carbonyl (C=O) groups is 1. The Balaban J connectivity index is 1.73. The molecule has 2 aliphatic heterocycles. The molecule has 0 atom stereocenters. The van der Waals surface area contributed by atoms with Crippen molar-refractivity contribution in [3.8, 4) is 0 Å². The number of hydrogen-bond acceptors (Lipinski definition) is 3. The van der Waals surface area contributed by atoms with Gasteiger partial charge in [0.1, 0.15) is 5.78 Å². The average molecular weight is 210 g/mol. The first-order valence-corrected chi connectivity index (χ1v) is 6.21. The molecule has 2 fully saturated rings. The van der Waals surface area contributed by atoms with Gasteiger partial charge in [-0.2, -0.15) is 0 Å². The highest BCUT2D eigenvalue weighted by molar-refractivity contribution is 5.77. The maximum Gasteiger partial charge on any atom is 0.143 e. The molecule has 2 saturated heterocycles. The lowest BCUT2D eigenvalue weighted by atomic mass is 10.0. The van der Waals surface area contributed by atoms with E-state index in [0.717, 1.165) is 19.1 Å². The number of nitrogens with zero attached hydrogens (tertiary/aromatic N) is 2. The molecule has 0 bridgehead atoms. The molecule has 0 N–H and O–H groups in total. The summed E-state index contributed by atoms with van der Waals surface area (Å²) in [5, 5.41) is 0. The molecule has 2 aliphatic rings. The third kappa shape index (κ3) is 3.02. The molecule has 0 saturated carbocycles. The molecule has 0 aromatic carbocycles. The second-order valence-corrected chi connectivity index (χ2v) is 4.95. The van der Waals surface area contributed by atoms with Crippen molar-refractivity contribution < 1.29 is 4.79 Å². The highest BCUT2D eigenvalue weighted by Gasteiger charge is 2.26. The molecule has 15 heavy (non-hydrogen) atoms. The largest absolute Gasteiger partial charge is 0.300 e. The highest BCUT2D eigenvalue weighted by Crippen LogP contribution is 2.20. The van der Waals surface area contributed by atoms with E-state index in [-0.39, 0.29) is 0 Å². The lowest BCUT2D eigenvalue weighted by Crippen LogP contribution is -2.44. The standard InChI is InChI=1S/C12H22N2O/c1-11(15)10-13-8-4-12(5-9-13)14-6-2-3-7-14/h12H,2-10H2,1H3. The summed E-state index contributed by atoms with van der Waals surface area (Å²) in [5.41, 5.74) is 0. The Hall–Kier alpha value is -0.410. The maximum absolute atomic E-state index is 11.0. The Labute approximate surface area is 92.4 Å². The second-order valence-electron chi connectivity index (χ2n) is 4.95. The van der Waals surface area contributed by atoms with Crippen molar-refractivity contribution in [1.29, 1.82) is 0 Å². The molecule has 0 amide bonds. The van der Waals surface area contributed by atoms with Gasteiger partial charge in [-0.3, -0.25) is 9.69 Å². The van der Waals surface area contributed by atoms with E-state index < -0.39 is 0 Å². The van der Waals surface area contributed by atoms with Gasteiger partial charge in [0.25, 0.3) is 0 Å². The number of rotatable bonds is 3. The minimum Gasteiger partial charge on any atom is -0.300 e. The van der Waals surface area contributed by atoms with Crippen LogP contribution in [0.2, 0.25) is 0 Å². The summed E-state index contributed by atoms with van der Waals surface area (Å²) in [4.78, 5) is 15.9. The normalized spacial score (nSPS) is 25.9. The van der Waals surface area contributed by atoms with Crippen LogP contribution >= 0.6 is 0 Å². The topological polar surface area (TPSA) is 23.6 Å². The summed E-state index contributed by atoms with van der Waals surface area (Å²) in [6.07, 6.45) is 5.28. The second kappa shape index (κ2) is 5.08. The van der Waals surface area contributed by atoms with Crippen molar-refractivity contribution in [2.75, 3.05) is 32.7 Å². The van der Waals surface area contributed by atoms with Gasteiger partial charge in [-0.1, -0.05) is 0 Å². The van der Waals surface area contributed by atoms with Crippen LogP contribution in [0, 0.1) is 0 Å². The lowest BCUT2D eigenvalue weighted by molar-refractivity contribution is -0.118. The van der Waals surface area contributed by atoms with Gasteiger partial charge in [0, 0.05) is 19.1 Å². The molecule has 0 radical (unpaired) electrons. The highest BCUT2D eigenvalue weighted by atomic mass is 16.1. The molecule has 86 valence electrons. The van der Waals surface area contributed by atoms with Crippen LogP contribution < -0.4 is 0 Å². The van der Waals surface area contributed by atoms with Crippen LogP contribution in [0.25, 0.3) is 0 Å². The van der Waals surface area contributed by atoms with E-state index in [1.54, 1.807) is 6.92 Å². The third-order valence-corrected chi connectivity index (χ3v) is 3.66. The molecule has 0 aromatic heterocycles. The van der Waals surface area contributed by atoms with Crippen LogP contribution in [0.15, 0.2) is 0 Å². The predicted octanol–water partition coefficient (Wildman–Crippen LogP) is 1.14. The third-order valence-electron chi connectivity index (χ3n) is 3.66. The Morgan fingerprint density at radius 2 is 1.73 bits per heavy atom. The van der Waals surface area contributed by atoms with Gasteiger partial charge in [-0.05, 0) is 45.7 Å². The van der Waals surface area contributed by atoms with Crippen molar-refractivity contribution in [3.63, 3.8) is 0 Å². The fraction of sp³-hybridized carbons (Fsp3) is 0.917. The van der Waals surface area contributed by atoms with E-state index in [2.05, 4.69) is 9.80 Å². The summed E-state index contributed by atoms with van der Waals surface area (Å²) < 4.78 is 0. The first kappa shape index (κ1) is 11.1. The Bertz CT molecular complexity index is 216. The van der Waals surface area contributed by atoms with Crippen LogP contribution in [0.1, 0.15) is 32.6 Å². The minimum absolute atomic E-state index is 0.301. The molecule has 3 nitrogen and oxygen atoms in total. The number of ketones is 1. The monoisotopic (exact) mass is 210 g/mol. The zero-order valence-electron chi connectivity index (χ0n) is 9.74. The molecule has 2 rings (SSSR count). The van der Waals surface area contributed by atoms with Crippen molar-refractivity contribution in [1.82, 2.24) is 9.80 Å². The Kier molecular flexibility index (Phi) is 3.76. The van der Waals surface area contributed by atoms with Gasteiger partial charge in [-0.25, -0.2) is 0 Å². The van der Waals surface area contributed by atoms with E-state index in [1.165, 1.54) is 38.8 Å². The number of Topliss-reactive ketones (excluding diaryl/α,β-unsaturated/α-hetero) is 1. The maximum atomic E-state index is 11.0. The van der Waals surface area contributed by atoms with E-state index in [9.17, 15) is 4.79 Å². The molecule has 0 spiro atoms. The molecular formula is C12H22N2O. The first-order valence-electron chi connectivity index (χ1n) is 6.21. The van der Waals surface area contributed by atoms with E-state index >= 15 is 0 Å². The summed E-state index contributed by atoms with van der Waals surface area (Å²) >= 11 is 0. The van der Waals surface area contributed by atoms with Crippen molar-refractivity contribution in [2.45, 2.75) is 38.6 Å². The zero-order valence-corrected chi connectivity index (χ0v) is 9.74. The molecule has 0 unspecified atom stereocenters. The van der Waals surface area contributed by atoms with Crippen molar-refractivity contribution >= 4 is 5.78 Å². The molecular weight excluding hydrogens is 188 g/mol. The van der Waals surface area contributed by atoms with Crippen molar-refractivity contribution in [2.24, 2.45) is 0 Å². The number of piperidine rings is 1. The summed E-state index contributed by atoms with van der Waals surface area (Å²) in [6.45, 7) is 7.18. The van der Waals surface area contributed by atoms with Crippen LogP contribution in [0.3, 0.4) is 0 Å². The van der Waals surface area contributed by atoms with Crippen LogP contribution in [-0.4, -0.2) is 54.3 Å². The SMILES string of the molecule is CC(=O)CN1CCC(N2CCCC2)CC1. The lowest BCUT2D eigenvalue weighted by Gasteiger charge is -2.36. The fourth-order valence-electron chi connectivity index (χ4n) is 2.86. The van der Waals surface area contributed by atoms with Gasteiger partial charge in [-0.15, -0.1) is 0 Å². The summed E-state index contributed by atoms with van der Waals surface area (Å²) in [7, 11) is 0. The zero-order chi connectivity index (χ0) is 10.7. The van der Waals surface area contributed by atoms with Crippen LogP contribution in [0.5, 0.6) is 0 Å². The predicted molar refractivity (Wildman–Crippen MR) is 61.0 cm³/mol. The van der Waals surface area contributed by atoms with Gasteiger partial charge in [0.2, 0.25) is 0 Å². The van der Waals surface area contributed by atoms with Crippen LogP contribution in [-0.2, 0) is 4.79 Å². The first-order chi connectivity index (χ1) is 7.25. The molecule has 3 heteroatoms. The Morgan fingerprint density at radius 3 is 2.27 bits per heavy atom. The number of carbonyl (C=O) groups excluding carboxylic acids is 1. The van der Waals surface area contributed by atoms with Gasteiger partial charge in [0.05, 0.1) is 6.54 Å². The van der Waals surface area contributed by atoms with Gasteiger partial charge >= 0.3 is 0 Å². The summed E-state index contributed by atoms with van der Waals surface area (Å²) in [6, 6.07) is 0.802. The van der Waals surface area contributed by atoms with E-state index in [1.807, 2.05) is 0 Å². The number of likely N-dealkylation sites (tertiary alicyclic amines) is 2. The molecule has 0 aromatic rings. The molecule has 0 aliphatic carbocycles. The summed E-state index contributed by atoms with van der Waals surface area (Å²) in [5.74, 6) is 0.301. The minimum atomic E-state index is 0.301. The number of hydrogen-bond donors (Lipinski definition) is 0.